The van der Waals surface area contributed by atoms with Crippen LogP contribution in [0.25, 0.3) is 11.3 Å². The predicted octanol–water partition coefficient (Wildman–Crippen LogP) is 3.36. The molecule has 3 aromatic rings. The van der Waals surface area contributed by atoms with Crippen molar-refractivity contribution in [1.82, 2.24) is 5.16 Å². The van der Waals surface area contributed by atoms with Gasteiger partial charge in [0, 0.05) is 11.6 Å². The SMILES string of the molecule is COc1ccc(CC(=O)OCc2cc(-c3ccc4c(c3)OCO4)on2)cc1. The molecule has 138 valence electrons. The van der Waals surface area contributed by atoms with Crippen LogP contribution in [-0.4, -0.2) is 25.0 Å². The molecule has 1 aromatic heterocycles. The number of fused-ring (bicyclic) bond motifs is 1. The lowest BCUT2D eigenvalue weighted by atomic mass is 10.1. The van der Waals surface area contributed by atoms with Crippen molar-refractivity contribution in [3.05, 3.63) is 59.8 Å². The Morgan fingerprint density at radius 1 is 1.07 bits per heavy atom. The van der Waals surface area contributed by atoms with Gasteiger partial charge in [-0.05, 0) is 35.9 Å². The quantitative estimate of drug-likeness (QED) is 0.618. The Kier molecular flexibility index (Phi) is 4.65. The van der Waals surface area contributed by atoms with E-state index < -0.39 is 0 Å². The third-order valence-electron chi connectivity index (χ3n) is 4.10. The highest BCUT2D eigenvalue weighted by atomic mass is 16.7. The maximum atomic E-state index is 12.0. The lowest BCUT2D eigenvalue weighted by Crippen LogP contribution is -2.08. The molecule has 7 heteroatoms. The second-order valence-electron chi connectivity index (χ2n) is 5.94. The summed E-state index contributed by atoms with van der Waals surface area (Å²) in [5, 5.41) is 3.95. The molecule has 0 radical (unpaired) electrons. The number of ether oxygens (including phenoxy) is 4. The molecule has 0 aliphatic carbocycles. The topological polar surface area (TPSA) is 80.0 Å². The van der Waals surface area contributed by atoms with E-state index >= 15 is 0 Å². The third kappa shape index (κ3) is 3.87. The third-order valence-corrected chi connectivity index (χ3v) is 4.10. The maximum Gasteiger partial charge on any atom is 0.310 e. The molecule has 1 aliphatic rings. The van der Waals surface area contributed by atoms with Crippen molar-refractivity contribution in [2.75, 3.05) is 13.9 Å². The zero-order valence-electron chi connectivity index (χ0n) is 14.6. The second kappa shape index (κ2) is 7.41. The van der Waals surface area contributed by atoms with Crippen LogP contribution in [0.1, 0.15) is 11.3 Å². The normalized spacial score (nSPS) is 12.0. The molecular formula is C20H17NO6. The van der Waals surface area contributed by atoms with Gasteiger partial charge < -0.3 is 23.5 Å². The van der Waals surface area contributed by atoms with Gasteiger partial charge in [0.1, 0.15) is 18.1 Å². The highest BCUT2D eigenvalue weighted by Crippen LogP contribution is 2.36. The molecule has 27 heavy (non-hydrogen) atoms. The zero-order chi connectivity index (χ0) is 18.6. The van der Waals surface area contributed by atoms with E-state index in [1.807, 2.05) is 30.3 Å². The van der Waals surface area contributed by atoms with Crippen LogP contribution in [0.4, 0.5) is 0 Å². The molecule has 0 atom stereocenters. The minimum Gasteiger partial charge on any atom is -0.497 e. The van der Waals surface area contributed by atoms with Crippen LogP contribution in [0.15, 0.2) is 53.1 Å². The van der Waals surface area contributed by atoms with Gasteiger partial charge >= 0.3 is 5.97 Å². The minimum absolute atomic E-state index is 0.0447. The van der Waals surface area contributed by atoms with Crippen LogP contribution in [-0.2, 0) is 22.6 Å². The molecule has 0 unspecified atom stereocenters. The number of carbonyl (C=O) groups excluding carboxylic acids is 1. The summed E-state index contributed by atoms with van der Waals surface area (Å²) in [7, 11) is 1.60. The van der Waals surface area contributed by atoms with Gasteiger partial charge in [0.2, 0.25) is 6.79 Å². The van der Waals surface area contributed by atoms with E-state index in [1.165, 1.54) is 0 Å². The summed E-state index contributed by atoms with van der Waals surface area (Å²) in [6.45, 7) is 0.258. The molecular weight excluding hydrogens is 350 g/mol. The fourth-order valence-corrected chi connectivity index (χ4v) is 2.68. The number of rotatable bonds is 6. The van der Waals surface area contributed by atoms with Gasteiger partial charge in [-0.2, -0.15) is 0 Å². The minimum atomic E-state index is -0.340. The molecule has 0 spiro atoms. The summed E-state index contributed by atoms with van der Waals surface area (Å²) in [4.78, 5) is 12.0. The van der Waals surface area contributed by atoms with Gasteiger partial charge in [-0.3, -0.25) is 4.79 Å². The summed E-state index contributed by atoms with van der Waals surface area (Å²) in [5.41, 5.74) is 2.19. The largest absolute Gasteiger partial charge is 0.497 e. The van der Waals surface area contributed by atoms with Gasteiger partial charge in [-0.25, -0.2) is 0 Å². The number of benzene rings is 2. The first kappa shape index (κ1) is 17.0. The maximum absolute atomic E-state index is 12.0. The molecule has 1 aliphatic heterocycles. The molecule has 0 fully saturated rings. The molecule has 2 aromatic carbocycles. The van der Waals surface area contributed by atoms with Gasteiger partial charge in [-0.15, -0.1) is 0 Å². The van der Waals surface area contributed by atoms with E-state index in [4.69, 9.17) is 23.5 Å². The molecule has 0 N–H and O–H groups in total. The van der Waals surface area contributed by atoms with Gasteiger partial charge in [-0.1, -0.05) is 17.3 Å². The van der Waals surface area contributed by atoms with Crippen molar-refractivity contribution in [2.24, 2.45) is 0 Å². The Morgan fingerprint density at radius 3 is 2.70 bits per heavy atom. The number of nitrogens with zero attached hydrogens (tertiary/aromatic N) is 1. The molecule has 2 heterocycles. The highest BCUT2D eigenvalue weighted by Gasteiger charge is 2.16. The summed E-state index contributed by atoms with van der Waals surface area (Å²) >= 11 is 0. The first-order chi connectivity index (χ1) is 13.2. The fourth-order valence-electron chi connectivity index (χ4n) is 2.68. The van der Waals surface area contributed by atoms with E-state index in [1.54, 1.807) is 25.3 Å². The highest BCUT2D eigenvalue weighted by molar-refractivity contribution is 5.72. The number of hydrogen-bond acceptors (Lipinski definition) is 7. The van der Waals surface area contributed by atoms with Crippen molar-refractivity contribution in [3.8, 4) is 28.6 Å². The van der Waals surface area contributed by atoms with Crippen molar-refractivity contribution >= 4 is 5.97 Å². The standard InChI is InChI=1S/C20H17NO6/c1-23-16-5-2-13(3-6-16)8-20(22)24-11-15-10-18(27-21-15)14-4-7-17-19(9-14)26-12-25-17/h2-7,9-10H,8,11-12H2,1H3. The van der Waals surface area contributed by atoms with Crippen LogP contribution in [0.5, 0.6) is 17.2 Å². The molecule has 4 rings (SSSR count). The average molecular weight is 367 g/mol. The lowest BCUT2D eigenvalue weighted by molar-refractivity contribution is -0.144. The first-order valence-electron chi connectivity index (χ1n) is 8.35. The number of esters is 1. The number of aromatic nitrogens is 1. The van der Waals surface area contributed by atoms with E-state index in [-0.39, 0.29) is 25.8 Å². The van der Waals surface area contributed by atoms with E-state index in [0.717, 1.165) is 16.9 Å². The Balaban J connectivity index is 1.34. The predicted molar refractivity (Wildman–Crippen MR) is 94.6 cm³/mol. The zero-order valence-corrected chi connectivity index (χ0v) is 14.6. The Morgan fingerprint density at radius 2 is 1.89 bits per heavy atom. The van der Waals surface area contributed by atoms with Crippen molar-refractivity contribution in [1.29, 1.82) is 0 Å². The van der Waals surface area contributed by atoms with Crippen molar-refractivity contribution in [3.63, 3.8) is 0 Å². The van der Waals surface area contributed by atoms with Crippen LogP contribution in [0, 0.1) is 0 Å². The van der Waals surface area contributed by atoms with Gasteiger partial charge in [0.05, 0.1) is 13.5 Å². The smallest absolute Gasteiger partial charge is 0.310 e. The molecule has 0 amide bonds. The van der Waals surface area contributed by atoms with Crippen LogP contribution in [0.3, 0.4) is 0 Å². The Bertz CT molecular complexity index is 947. The van der Waals surface area contributed by atoms with Crippen LogP contribution >= 0.6 is 0 Å². The number of carbonyl (C=O) groups is 1. The van der Waals surface area contributed by atoms with E-state index in [2.05, 4.69) is 5.16 Å². The van der Waals surface area contributed by atoms with Crippen LogP contribution < -0.4 is 14.2 Å². The lowest BCUT2D eigenvalue weighted by Gasteiger charge is -2.04. The van der Waals surface area contributed by atoms with Gasteiger partial charge in [0.25, 0.3) is 0 Å². The van der Waals surface area contributed by atoms with E-state index in [0.29, 0.717) is 23.0 Å². The molecule has 0 saturated heterocycles. The van der Waals surface area contributed by atoms with E-state index in [9.17, 15) is 4.79 Å². The monoisotopic (exact) mass is 367 g/mol. The summed E-state index contributed by atoms with van der Waals surface area (Å²) in [5.74, 6) is 2.33. The summed E-state index contributed by atoms with van der Waals surface area (Å²) < 4.78 is 26.3. The van der Waals surface area contributed by atoms with Gasteiger partial charge in [0.15, 0.2) is 17.3 Å². The Labute approximate surface area is 155 Å². The van der Waals surface area contributed by atoms with Crippen LogP contribution in [0.2, 0.25) is 0 Å². The fraction of sp³-hybridized carbons (Fsp3) is 0.200. The van der Waals surface area contributed by atoms with Crippen molar-refractivity contribution < 1.29 is 28.3 Å². The molecule has 0 bridgehead atoms. The number of methoxy groups -OCH3 is 1. The number of hydrogen-bond donors (Lipinski definition) is 0. The summed E-state index contributed by atoms with van der Waals surface area (Å²) in [6, 6.07) is 14.5. The molecule has 0 saturated carbocycles. The molecule has 7 nitrogen and oxygen atoms in total. The first-order valence-corrected chi connectivity index (χ1v) is 8.35. The second-order valence-corrected chi connectivity index (χ2v) is 5.94. The van der Waals surface area contributed by atoms with Crippen molar-refractivity contribution in [2.45, 2.75) is 13.0 Å². The summed E-state index contributed by atoms with van der Waals surface area (Å²) in [6.07, 6.45) is 0.177. The average Bonchev–Trinajstić information content (AvgIpc) is 3.35. The Hall–Kier alpha value is -3.48.